The van der Waals surface area contributed by atoms with Crippen LogP contribution < -0.4 is 11.6 Å². The van der Waals surface area contributed by atoms with E-state index in [0.717, 1.165) is 16.0 Å². The molecule has 2 heterocycles. The zero-order chi connectivity index (χ0) is 22.2. The van der Waals surface area contributed by atoms with Crippen LogP contribution >= 0.6 is 0 Å². The normalized spacial score (nSPS) is 13.1. The van der Waals surface area contributed by atoms with Crippen molar-refractivity contribution in [2.75, 3.05) is 13.1 Å². The molecule has 0 aliphatic rings. The molecule has 5 N–H and O–H groups in total. The Morgan fingerprint density at radius 2 is 2.23 bits per heavy atom. The van der Waals surface area contributed by atoms with Gasteiger partial charge in [0.05, 0.1) is 12.2 Å². The van der Waals surface area contributed by atoms with Crippen molar-refractivity contribution in [2.45, 2.75) is 18.5 Å². The maximum atomic E-state index is 12.5. The van der Waals surface area contributed by atoms with Gasteiger partial charge >= 0.3 is 0 Å². The summed E-state index contributed by atoms with van der Waals surface area (Å²) in [6, 6.07) is 7.74. The van der Waals surface area contributed by atoms with E-state index >= 15 is 0 Å². The number of aromatic amines is 1. The lowest BCUT2D eigenvalue weighted by Crippen LogP contribution is -2.53. The third kappa shape index (κ3) is 5.34. The fourth-order valence-electron chi connectivity index (χ4n) is 2.95. The number of hydrazine groups is 1. The third-order valence-electron chi connectivity index (χ3n) is 4.59. The van der Waals surface area contributed by atoms with Gasteiger partial charge in [-0.05, 0) is 30.2 Å². The van der Waals surface area contributed by atoms with Gasteiger partial charge in [-0.15, -0.1) is 0 Å². The molecule has 1 unspecified atom stereocenters. The van der Waals surface area contributed by atoms with Crippen LogP contribution in [-0.4, -0.2) is 46.1 Å². The highest BCUT2D eigenvalue weighted by Crippen LogP contribution is 2.26. The molecule has 0 aliphatic heterocycles. The summed E-state index contributed by atoms with van der Waals surface area (Å²) in [4.78, 5) is 33.0. The molecule has 12 heteroatoms. The van der Waals surface area contributed by atoms with Crippen molar-refractivity contribution in [3.8, 4) is 11.5 Å². The van der Waals surface area contributed by atoms with Crippen molar-refractivity contribution >= 4 is 23.0 Å². The van der Waals surface area contributed by atoms with Crippen LogP contribution in [0.2, 0.25) is 0 Å². The van der Waals surface area contributed by atoms with Gasteiger partial charge in [0.25, 0.3) is 5.91 Å². The van der Waals surface area contributed by atoms with Crippen LogP contribution in [0.5, 0.6) is 0 Å². The number of carbonyl (C=O) groups is 1. The van der Waals surface area contributed by atoms with E-state index in [2.05, 4.69) is 25.2 Å². The molecule has 160 valence electrons. The highest BCUT2D eigenvalue weighted by molar-refractivity contribution is 5.84. The smallest absolute Gasteiger partial charge is 0.257 e. The molecule has 0 saturated carbocycles. The standard InChI is InChI=1S/C19H21N9O3/c20-14(19(29)28(22)13(10-25-30)7-8-24-27-21)5-6-18-23-11-15(26-18)17-9-12-3-1-2-4-16(12)31-17/h1-6,9,11,13-14H,7-8,10,20,22H2,(H,23,26)/b6-5-/t13-,14?/m0/s1. The minimum Gasteiger partial charge on any atom is -0.454 e. The van der Waals surface area contributed by atoms with Crippen LogP contribution in [0.4, 0.5) is 0 Å². The number of nitrogens with two attached hydrogens (primary N) is 2. The summed E-state index contributed by atoms with van der Waals surface area (Å²) < 4.78 is 5.79. The zero-order valence-corrected chi connectivity index (χ0v) is 16.5. The molecule has 0 aliphatic carbocycles. The first-order valence-corrected chi connectivity index (χ1v) is 9.39. The lowest BCUT2D eigenvalue weighted by molar-refractivity contribution is -0.134. The van der Waals surface area contributed by atoms with Gasteiger partial charge in [0, 0.05) is 16.8 Å². The van der Waals surface area contributed by atoms with Crippen LogP contribution in [0, 0.1) is 4.91 Å². The lowest BCUT2D eigenvalue weighted by Gasteiger charge is -2.26. The van der Waals surface area contributed by atoms with Gasteiger partial charge in [-0.1, -0.05) is 34.6 Å². The predicted molar refractivity (Wildman–Crippen MR) is 115 cm³/mol. The minimum absolute atomic E-state index is 0.0692. The van der Waals surface area contributed by atoms with Gasteiger partial charge in [-0.3, -0.25) is 9.80 Å². The second kappa shape index (κ2) is 10.2. The number of nitrogens with zero attached hydrogens (tertiary/aromatic N) is 6. The van der Waals surface area contributed by atoms with Crippen molar-refractivity contribution in [3.63, 3.8) is 0 Å². The third-order valence-corrected chi connectivity index (χ3v) is 4.59. The second-order valence-electron chi connectivity index (χ2n) is 6.67. The number of azide groups is 1. The number of amides is 1. The second-order valence-corrected chi connectivity index (χ2v) is 6.67. The van der Waals surface area contributed by atoms with E-state index in [-0.39, 0.29) is 19.5 Å². The Labute approximate surface area is 176 Å². The number of fused-ring (bicyclic) bond motifs is 1. The van der Waals surface area contributed by atoms with E-state index in [9.17, 15) is 9.70 Å². The number of rotatable bonds is 10. The summed E-state index contributed by atoms with van der Waals surface area (Å²) in [6.07, 6.45) is 4.78. The molecule has 3 rings (SSSR count). The highest BCUT2D eigenvalue weighted by atomic mass is 16.3. The summed E-state index contributed by atoms with van der Waals surface area (Å²) in [6.45, 7) is -0.168. The van der Waals surface area contributed by atoms with Crippen molar-refractivity contribution < 1.29 is 9.21 Å². The Hall–Kier alpha value is -3.99. The topological polar surface area (TPSA) is 192 Å². The Balaban J connectivity index is 1.65. The molecule has 0 saturated heterocycles. The predicted octanol–water partition coefficient (Wildman–Crippen LogP) is 2.70. The lowest BCUT2D eigenvalue weighted by atomic mass is 10.1. The quantitative estimate of drug-likeness (QED) is 0.0853. The monoisotopic (exact) mass is 423 g/mol. The molecule has 12 nitrogen and oxygen atoms in total. The van der Waals surface area contributed by atoms with Gasteiger partial charge in [-0.2, -0.15) is 4.91 Å². The summed E-state index contributed by atoms with van der Waals surface area (Å²) in [7, 11) is 0. The van der Waals surface area contributed by atoms with E-state index in [1.54, 1.807) is 12.3 Å². The first-order chi connectivity index (χ1) is 15.0. The number of benzene rings is 1. The first-order valence-electron chi connectivity index (χ1n) is 9.39. The molecule has 3 aromatic rings. The Kier molecular flexibility index (Phi) is 7.12. The van der Waals surface area contributed by atoms with E-state index < -0.39 is 18.0 Å². The zero-order valence-electron chi connectivity index (χ0n) is 16.5. The fraction of sp³-hybridized carbons (Fsp3) is 0.263. The maximum Gasteiger partial charge on any atom is 0.257 e. The number of furan rings is 1. The Morgan fingerprint density at radius 3 is 2.97 bits per heavy atom. The van der Waals surface area contributed by atoms with Crippen LogP contribution in [0.15, 0.2) is 57.3 Å². The van der Waals surface area contributed by atoms with Crippen LogP contribution in [-0.2, 0) is 4.79 Å². The molecule has 0 radical (unpaired) electrons. The molecular formula is C19H21N9O3. The number of H-pyrrole nitrogens is 1. The van der Waals surface area contributed by atoms with E-state index in [4.69, 9.17) is 21.5 Å². The molecule has 0 bridgehead atoms. The van der Waals surface area contributed by atoms with E-state index in [1.807, 2.05) is 30.3 Å². The summed E-state index contributed by atoms with van der Waals surface area (Å²) in [5.74, 6) is 6.30. The molecule has 2 aromatic heterocycles. The number of para-hydroxylation sites is 1. The molecule has 1 aromatic carbocycles. The molecule has 1 amide bonds. The Morgan fingerprint density at radius 1 is 1.42 bits per heavy atom. The number of carbonyl (C=O) groups excluding carboxylic acids is 1. The average molecular weight is 423 g/mol. The van der Waals surface area contributed by atoms with E-state index in [0.29, 0.717) is 17.3 Å². The highest BCUT2D eigenvalue weighted by Gasteiger charge is 2.24. The number of nitroso groups, excluding NO2 is 1. The fourth-order valence-corrected chi connectivity index (χ4v) is 2.95. The minimum atomic E-state index is -1.07. The molecule has 0 fully saturated rings. The largest absolute Gasteiger partial charge is 0.454 e. The molecule has 2 atom stereocenters. The number of hydrogen-bond donors (Lipinski definition) is 3. The van der Waals surface area contributed by atoms with Crippen molar-refractivity contribution in [1.82, 2.24) is 15.0 Å². The van der Waals surface area contributed by atoms with E-state index in [1.165, 1.54) is 6.08 Å². The van der Waals surface area contributed by atoms with Gasteiger partial charge in [-0.25, -0.2) is 10.8 Å². The van der Waals surface area contributed by atoms with Crippen LogP contribution in [0.25, 0.3) is 38.9 Å². The maximum absolute atomic E-state index is 12.5. The van der Waals surface area contributed by atoms with Gasteiger partial charge in [0.15, 0.2) is 5.76 Å². The van der Waals surface area contributed by atoms with Crippen molar-refractivity contribution in [3.05, 3.63) is 63.8 Å². The number of hydrogen-bond acceptors (Lipinski definition) is 8. The van der Waals surface area contributed by atoms with Crippen LogP contribution in [0.3, 0.4) is 0 Å². The number of nitrogens with one attached hydrogen (secondary N) is 1. The average Bonchev–Trinajstić information content (AvgIpc) is 3.42. The van der Waals surface area contributed by atoms with Crippen molar-refractivity contribution in [1.29, 1.82) is 0 Å². The van der Waals surface area contributed by atoms with Crippen LogP contribution in [0.1, 0.15) is 12.2 Å². The van der Waals surface area contributed by atoms with Gasteiger partial charge in [0.2, 0.25) is 0 Å². The summed E-state index contributed by atoms with van der Waals surface area (Å²) in [5, 5.41) is 7.98. The SMILES string of the molecule is [N-]=[N+]=NCC[C@@H](CN=O)N(N)C(=O)C(N)/C=C\c1ncc(-c2cc3ccccc3o2)[nH]1. The number of aromatic nitrogens is 2. The molecule has 31 heavy (non-hydrogen) atoms. The Bertz CT molecular complexity index is 1100. The summed E-state index contributed by atoms with van der Waals surface area (Å²) >= 11 is 0. The van der Waals surface area contributed by atoms with Gasteiger partial charge < -0.3 is 15.1 Å². The molecular weight excluding hydrogens is 402 g/mol. The first kappa shape index (κ1) is 21.7. The van der Waals surface area contributed by atoms with Crippen molar-refractivity contribution in [2.24, 2.45) is 21.9 Å². The number of imidazole rings is 1. The van der Waals surface area contributed by atoms with Gasteiger partial charge in [0.1, 0.15) is 29.7 Å². The molecule has 0 spiro atoms. The summed E-state index contributed by atoms with van der Waals surface area (Å²) in [5.41, 5.74) is 15.7.